The number of nitrogens with two attached hydrogens (primary N) is 2. The summed E-state index contributed by atoms with van der Waals surface area (Å²) in [5.74, 6) is 0. The number of rotatable bonds is 10. The van der Waals surface area contributed by atoms with E-state index in [1.165, 1.54) is 21.2 Å². The van der Waals surface area contributed by atoms with Crippen molar-refractivity contribution in [3.05, 3.63) is 94.9 Å². The third kappa shape index (κ3) is 6.02. The predicted molar refractivity (Wildman–Crippen MR) is 147 cm³/mol. The van der Waals surface area contributed by atoms with Crippen LogP contribution in [0, 0.1) is 0 Å². The molecular weight excluding hydrogens is 464 g/mol. The Hall–Kier alpha value is -2.84. The highest BCUT2D eigenvalue weighted by atomic mass is 16.7. The summed E-state index contributed by atoms with van der Waals surface area (Å²) in [6, 6.07) is 20.5. The molecule has 0 amide bonds. The number of hydrogen-bond acceptors (Lipinski definition) is 6. The van der Waals surface area contributed by atoms with E-state index >= 15 is 0 Å². The number of fused-ring (bicyclic) bond motifs is 2. The smallest absolute Gasteiger partial charge is 0.176 e. The molecule has 3 aromatic carbocycles. The fraction of sp³-hybridized carbons (Fsp3) is 0.355. The minimum Gasteiger partial charge on any atom is -0.369 e. The first-order chi connectivity index (χ1) is 18.2. The SMILES string of the molecule is C=CCOC1OC(CN)C(OCc2ccc3c(c2)=CCCC=3)C(OCc2ccc3ccccc3c2)C1N. The van der Waals surface area contributed by atoms with Crippen molar-refractivity contribution in [2.45, 2.75) is 56.7 Å². The molecule has 1 aliphatic heterocycles. The Morgan fingerprint density at radius 3 is 2.32 bits per heavy atom. The minimum absolute atomic E-state index is 0.258. The van der Waals surface area contributed by atoms with Crippen LogP contribution >= 0.6 is 0 Å². The molecule has 1 heterocycles. The van der Waals surface area contributed by atoms with E-state index in [2.05, 4.69) is 67.3 Å². The highest BCUT2D eigenvalue weighted by Gasteiger charge is 2.46. The third-order valence-electron chi connectivity index (χ3n) is 7.05. The Morgan fingerprint density at radius 1 is 0.838 bits per heavy atom. The van der Waals surface area contributed by atoms with Gasteiger partial charge in [-0.25, -0.2) is 0 Å². The van der Waals surface area contributed by atoms with Crippen molar-refractivity contribution in [2.24, 2.45) is 11.5 Å². The highest BCUT2D eigenvalue weighted by molar-refractivity contribution is 5.82. The molecule has 5 unspecified atom stereocenters. The molecule has 0 bridgehead atoms. The van der Waals surface area contributed by atoms with Gasteiger partial charge in [-0.1, -0.05) is 66.8 Å². The Kier molecular flexibility index (Phi) is 8.46. The molecule has 0 aromatic heterocycles. The van der Waals surface area contributed by atoms with Crippen molar-refractivity contribution < 1.29 is 18.9 Å². The van der Waals surface area contributed by atoms with Gasteiger partial charge in [0.05, 0.1) is 25.9 Å². The molecule has 1 saturated heterocycles. The molecule has 5 atom stereocenters. The Balaban J connectivity index is 1.35. The van der Waals surface area contributed by atoms with E-state index in [0.29, 0.717) is 19.8 Å². The molecule has 37 heavy (non-hydrogen) atoms. The lowest BCUT2D eigenvalue weighted by atomic mass is 9.96. The van der Waals surface area contributed by atoms with Gasteiger partial charge in [0.2, 0.25) is 0 Å². The minimum atomic E-state index is -0.665. The molecule has 4 N–H and O–H groups in total. The van der Waals surface area contributed by atoms with Gasteiger partial charge in [0.15, 0.2) is 6.29 Å². The van der Waals surface area contributed by atoms with Crippen molar-refractivity contribution in [1.82, 2.24) is 0 Å². The summed E-state index contributed by atoms with van der Waals surface area (Å²) in [6.07, 6.45) is 6.37. The van der Waals surface area contributed by atoms with Crippen LogP contribution in [0.4, 0.5) is 0 Å². The summed E-state index contributed by atoms with van der Waals surface area (Å²) in [5.41, 5.74) is 14.9. The molecule has 6 nitrogen and oxygen atoms in total. The zero-order valence-electron chi connectivity index (χ0n) is 21.1. The normalized spacial score (nSPS) is 25.2. The molecule has 5 rings (SSSR count). The lowest BCUT2D eigenvalue weighted by molar-refractivity contribution is -0.273. The lowest BCUT2D eigenvalue weighted by Gasteiger charge is -2.44. The summed E-state index contributed by atoms with van der Waals surface area (Å²) in [4.78, 5) is 0. The zero-order valence-corrected chi connectivity index (χ0v) is 21.1. The van der Waals surface area contributed by atoms with Crippen molar-refractivity contribution in [3.8, 4) is 0 Å². The van der Waals surface area contributed by atoms with E-state index in [9.17, 15) is 0 Å². The quantitative estimate of drug-likeness (QED) is 0.416. The van der Waals surface area contributed by atoms with Crippen molar-refractivity contribution in [3.63, 3.8) is 0 Å². The van der Waals surface area contributed by atoms with Crippen LogP contribution in [0.3, 0.4) is 0 Å². The average Bonchev–Trinajstić information content (AvgIpc) is 2.94. The monoisotopic (exact) mass is 500 g/mol. The van der Waals surface area contributed by atoms with E-state index in [4.69, 9.17) is 30.4 Å². The van der Waals surface area contributed by atoms with Crippen LogP contribution in [-0.2, 0) is 32.2 Å². The molecule has 3 aromatic rings. The maximum Gasteiger partial charge on any atom is 0.176 e. The molecule has 194 valence electrons. The maximum atomic E-state index is 6.65. The molecule has 2 aliphatic rings. The Labute approximate surface area is 218 Å². The molecule has 0 saturated carbocycles. The summed E-state index contributed by atoms with van der Waals surface area (Å²) >= 11 is 0. The molecule has 0 radical (unpaired) electrons. The van der Waals surface area contributed by atoms with Gasteiger partial charge in [0, 0.05) is 6.54 Å². The average molecular weight is 501 g/mol. The molecular formula is C31H36N2O4. The standard InChI is InChI=1S/C31H36N2O4/c1-2-15-34-31-28(33)30(36-20-22-12-14-24-8-4-6-10-26(24)17-22)29(27(18-32)37-31)35-19-21-11-13-23-7-3-5-9-25(23)16-21/h2,4,6-14,16-17,27-31H,1,3,5,15,18-20,32-33H2. The summed E-state index contributed by atoms with van der Waals surface area (Å²) in [6.45, 7) is 5.11. The second kappa shape index (κ2) is 12.1. The summed E-state index contributed by atoms with van der Waals surface area (Å²) in [5, 5.41) is 4.88. The first kappa shape index (κ1) is 25.8. The van der Waals surface area contributed by atoms with E-state index in [1.807, 2.05) is 12.1 Å². The van der Waals surface area contributed by atoms with Crippen LogP contribution in [0.2, 0.25) is 0 Å². The van der Waals surface area contributed by atoms with Crippen LogP contribution in [0.1, 0.15) is 24.0 Å². The van der Waals surface area contributed by atoms with Gasteiger partial charge in [-0.3, -0.25) is 0 Å². The Bertz CT molecular complexity index is 1340. The largest absolute Gasteiger partial charge is 0.369 e. The lowest BCUT2D eigenvalue weighted by Crippen LogP contribution is -2.64. The summed E-state index contributed by atoms with van der Waals surface area (Å²) < 4.78 is 24.9. The molecule has 1 fully saturated rings. The first-order valence-corrected chi connectivity index (χ1v) is 13.0. The van der Waals surface area contributed by atoms with Crippen molar-refractivity contribution in [1.29, 1.82) is 0 Å². The fourth-order valence-corrected chi connectivity index (χ4v) is 5.10. The number of hydrogen-bond donors (Lipinski definition) is 2. The maximum absolute atomic E-state index is 6.65. The molecule has 0 spiro atoms. The highest BCUT2D eigenvalue weighted by Crippen LogP contribution is 2.27. The van der Waals surface area contributed by atoms with Gasteiger partial charge in [-0.2, -0.15) is 0 Å². The second-order valence-electron chi connectivity index (χ2n) is 9.66. The summed E-state index contributed by atoms with van der Waals surface area (Å²) in [7, 11) is 0. The zero-order chi connectivity index (χ0) is 25.6. The molecule has 1 aliphatic carbocycles. The van der Waals surface area contributed by atoms with Gasteiger partial charge in [-0.05, 0) is 57.3 Å². The van der Waals surface area contributed by atoms with Crippen LogP contribution in [0.5, 0.6) is 0 Å². The van der Waals surface area contributed by atoms with E-state index in [0.717, 1.165) is 24.0 Å². The van der Waals surface area contributed by atoms with Gasteiger partial charge in [0.1, 0.15) is 18.3 Å². The van der Waals surface area contributed by atoms with Crippen LogP contribution in [-0.4, -0.2) is 43.8 Å². The van der Waals surface area contributed by atoms with E-state index in [1.54, 1.807) is 6.08 Å². The van der Waals surface area contributed by atoms with Crippen molar-refractivity contribution in [2.75, 3.05) is 13.2 Å². The van der Waals surface area contributed by atoms with E-state index < -0.39 is 30.6 Å². The van der Waals surface area contributed by atoms with Gasteiger partial charge < -0.3 is 30.4 Å². The first-order valence-electron chi connectivity index (χ1n) is 13.0. The predicted octanol–water partition coefficient (Wildman–Crippen LogP) is 2.88. The van der Waals surface area contributed by atoms with Crippen molar-refractivity contribution >= 4 is 22.9 Å². The number of ether oxygens (including phenoxy) is 4. The van der Waals surface area contributed by atoms with Gasteiger partial charge in [-0.15, -0.1) is 6.58 Å². The Morgan fingerprint density at radius 2 is 1.54 bits per heavy atom. The van der Waals surface area contributed by atoms with Gasteiger partial charge >= 0.3 is 0 Å². The second-order valence-corrected chi connectivity index (χ2v) is 9.66. The molecule has 6 heteroatoms. The van der Waals surface area contributed by atoms with E-state index in [-0.39, 0.29) is 6.54 Å². The fourth-order valence-electron chi connectivity index (χ4n) is 5.10. The van der Waals surface area contributed by atoms with Gasteiger partial charge in [0.25, 0.3) is 0 Å². The topological polar surface area (TPSA) is 89.0 Å². The van der Waals surface area contributed by atoms with Crippen LogP contribution in [0.25, 0.3) is 22.9 Å². The van der Waals surface area contributed by atoms with Crippen LogP contribution in [0.15, 0.2) is 73.3 Å². The van der Waals surface area contributed by atoms with Crippen LogP contribution < -0.4 is 21.9 Å². The number of benzene rings is 3. The third-order valence-corrected chi connectivity index (χ3v) is 7.05.